The van der Waals surface area contributed by atoms with E-state index in [0.29, 0.717) is 0 Å². The van der Waals surface area contributed by atoms with Crippen LogP contribution in [0.5, 0.6) is 0 Å². The number of rotatable bonds is 8. The Balaban J connectivity index is 5.74. The second kappa shape index (κ2) is 9.43. The highest BCUT2D eigenvalue weighted by molar-refractivity contribution is 5.42. The molecule has 0 aromatic heterocycles. The smallest absolute Gasteiger partial charge is 0.490 e. The van der Waals surface area contributed by atoms with Crippen LogP contribution < -0.4 is 0 Å². The van der Waals surface area contributed by atoms with Gasteiger partial charge in [0.15, 0.2) is 11.6 Å². The Hall–Kier alpha value is -1.72. The van der Waals surface area contributed by atoms with Crippen molar-refractivity contribution in [1.29, 1.82) is 0 Å². The fraction of sp³-hybridized carbons (Fsp3) is 0.455. The molecule has 0 spiro atoms. The minimum absolute atomic E-state index is 0.540. The fourth-order valence-corrected chi connectivity index (χ4v) is 1.09. The van der Waals surface area contributed by atoms with Gasteiger partial charge in [0, 0.05) is 6.42 Å². The van der Waals surface area contributed by atoms with Crippen LogP contribution in [0.1, 0.15) is 6.42 Å². The molecule has 0 aliphatic rings. The lowest BCUT2D eigenvalue weighted by Crippen LogP contribution is -2.16. The zero-order valence-corrected chi connectivity index (χ0v) is 10.9. The molecule has 0 amide bonds. The molecule has 0 aromatic carbocycles. The van der Waals surface area contributed by atoms with Gasteiger partial charge in [-0.25, -0.2) is 8.78 Å². The summed E-state index contributed by atoms with van der Waals surface area (Å²) in [5, 5.41) is 0. The molecule has 0 aliphatic heterocycles. The maximum Gasteiger partial charge on any atom is 0.522 e. The van der Waals surface area contributed by atoms with Gasteiger partial charge in [-0.15, -0.1) is 13.2 Å². The first-order valence-electron chi connectivity index (χ1n) is 5.56. The Morgan fingerprint density at radius 3 is 1.83 bits per heavy atom. The maximum atomic E-state index is 13.5. The van der Waals surface area contributed by atoms with Gasteiger partial charge in [-0.05, 0) is 0 Å². The standard InChI is InChI=1S/C11H8F10O2/c12-2-1-3-22-8(5(13)4-23-11(19,20)21)6(9(15)16)7(14)10(17)18/h1-4H2. The van der Waals surface area contributed by atoms with Crippen molar-refractivity contribution in [2.45, 2.75) is 12.8 Å². The average molecular weight is 362 g/mol. The largest absolute Gasteiger partial charge is 0.522 e. The van der Waals surface area contributed by atoms with Crippen molar-refractivity contribution in [3.05, 3.63) is 35.1 Å². The van der Waals surface area contributed by atoms with Crippen molar-refractivity contribution >= 4 is 0 Å². The van der Waals surface area contributed by atoms with E-state index in [1.165, 1.54) is 0 Å². The Kier molecular flexibility index (Phi) is 8.72. The van der Waals surface area contributed by atoms with Crippen LogP contribution in [0.4, 0.5) is 43.9 Å². The van der Waals surface area contributed by atoms with Crippen molar-refractivity contribution in [3.63, 3.8) is 0 Å². The summed E-state index contributed by atoms with van der Waals surface area (Å²) in [7, 11) is 0. The Morgan fingerprint density at radius 1 is 0.870 bits per heavy atom. The molecule has 134 valence electrons. The van der Waals surface area contributed by atoms with Crippen LogP contribution in [0.3, 0.4) is 0 Å². The van der Waals surface area contributed by atoms with Gasteiger partial charge < -0.3 is 4.74 Å². The molecule has 23 heavy (non-hydrogen) atoms. The summed E-state index contributed by atoms with van der Waals surface area (Å²) < 4.78 is 130. The molecule has 0 saturated heterocycles. The highest BCUT2D eigenvalue weighted by atomic mass is 19.4. The summed E-state index contributed by atoms with van der Waals surface area (Å²) in [6.07, 6.45) is -12.4. The summed E-state index contributed by atoms with van der Waals surface area (Å²) in [6, 6.07) is 0. The van der Waals surface area contributed by atoms with E-state index in [-0.39, 0.29) is 0 Å². The van der Waals surface area contributed by atoms with Gasteiger partial charge in [0.05, 0.1) is 13.3 Å². The zero-order chi connectivity index (χ0) is 18.2. The molecular weight excluding hydrogens is 354 g/mol. The first kappa shape index (κ1) is 21.3. The lowest BCUT2D eigenvalue weighted by Gasteiger charge is -2.14. The molecule has 0 aromatic rings. The third-order valence-corrected chi connectivity index (χ3v) is 1.93. The number of alkyl halides is 4. The third kappa shape index (κ3) is 7.90. The molecule has 0 aliphatic carbocycles. The third-order valence-electron chi connectivity index (χ3n) is 1.93. The Morgan fingerprint density at radius 2 is 1.43 bits per heavy atom. The molecular formula is C11H8F10O2. The SMILES string of the molecule is FCCCOC(=C(F)COC(F)(F)F)C(=C(F)F)C(F)=C(F)F. The van der Waals surface area contributed by atoms with E-state index in [9.17, 15) is 43.9 Å². The molecule has 0 bridgehead atoms. The van der Waals surface area contributed by atoms with Gasteiger partial charge in [-0.2, -0.15) is 17.6 Å². The number of hydrogen-bond acceptors (Lipinski definition) is 2. The molecule has 0 unspecified atom stereocenters. The van der Waals surface area contributed by atoms with Crippen LogP contribution in [-0.4, -0.2) is 26.3 Å². The van der Waals surface area contributed by atoms with Crippen molar-refractivity contribution in [2.24, 2.45) is 0 Å². The molecule has 12 heteroatoms. The topological polar surface area (TPSA) is 18.5 Å². The van der Waals surface area contributed by atoms with Crippen LogP contribution in [0.25, 0.3) is 0 Å². The maximum absolute atomic E-state index is 13.5. The first-order valence-corrected chi connectivity index (χ1v) is 5.56. The highest BCUT2D eigenvalue weighted by Crippen LogP contribution is 2.33. The lowest BCUT2D eigenvalue weighted by atomic mass is 10.2. The molecule has 0 rings (SSSR count). The summed E-state index contributed by atoms with van der Waals surface area (Å²) in [4.78, 5) is 0. The molecule has 0 atom stereocenters. The van der Waals surface area contributed by atoms with Gasteiger partial charge in [0.25, 0.3) is 6.08 Å². The summed E-state index contributed by atoms with van der Waals surface area (Å²) in [5.41, 5.74) is -2.38. The van der Waals surface area contributed by atoms with Crippen LogP contribution in [0.2, 0.25) is 0 Å². The normalized spacial score (nSPS) is 12.6. The minimum Gasteiger partial charge on any atom is -0.490 e. The van der Waals surface area contributed by atoms with Gasteiger partial charge in [0.2, 0.25) is 5.83 Å². The second-order valence-electron chi connectivity index (χ2n) is 3.57. The lowest BCUT2D eigenvalue weighted by molar-refractivity contribution is -0.322. The Bertz CT molecular complexity index is 484. The van der Waals surface area contributed by atoms with E-state index in [1.54, 1.807) is 0 Å². The zero-order valence-electron chi connectivity index (χ0n) is 10.9. The summed E-state index contributed by atoms with van der Waals surface area (Å²) in [5.74, 6) is -7.07. The number of ether oxygens (including phenoxy) is 2. The van der Waals surface area contributed by atoms with E-state index in [1.807, 2.05) is 0 Å². The number of allylic oxidation sites excluding steroid dienone is 1. The van der Waals surface area contributed by atoms with E-state index < -0.39 is 67.8 Å². The van der Waals surface area contributed by atoms with Crippen molar-refractivity contribution in [2.75, 3.05) is 19.9 Å². The fourth-order valence-electron chi connectivity index (χ4n) is 1.09. The molecule has 0 saturated carbocycles. The highest BCUT2D eigenvalue weighted by Gasteiger charge is 2.32. The predicted octanol–water partition coefficient (Wildman–Crippen LogP) is 5.31. The number of hydrogen-bond donors (Lipinski definition) is 0. The summed E-state index contributed by atoms with van der Waals surface area (Å²) in [6.45, 7) is -4.02. The second-order valence-corrected chi connectivity index (χ2v) is 3.57. The monoisotopic (exact) mass is 362 g/mol. The van der Waals surface area contributed by atoms with E-state index in [2.05, 4.69) is 9.47 Å². The predicted molar refractivity (Wildman–Crippen MR) is 56.3 cm³/mol. The summed E-state index contributed by atoms with van der Waals surface area (Å²) >= 11 is 0. The van der Waals surface area contributed by atoms with E-state index in [4.69, 9.17) is 0 Å². The van der Waals surface area contributed by atoms with Gasteiger partial charge in [-0.3, -0.25) is 9.13 Å². The number of halogens is 10. The average Bonchev–Trinajstić information content (AvgIpc) is 2.42. The molecule has 0 N–H and O–H groups in total. The molecule has 0 heterocycles. The van der Waals surface area contributed by atoms with Crippen LogP contribution in [-0.2, 0) is 9.47 Å². The van der Waals surface area contributed by atoms with Crippen molar-refractivity contribution in [1.82, 2.24) is 0 Å². The minimum atomic E-state index is -5.38. The van der Waals surface area contributed by atoms with E-state index in [0.717, 1.165) is 0 Å². The van der Waals surface area contributed by atoms with Crippen LogP contribution in [0, 0.1) is 0 Å². The molecule has 0 radical (unpaired) electrons. The first-order chi connectivity index (χ1) is 10.5. The van der Waals surface area contributed by atoms with Crippen molar-refractivity contribution < 1.29 is 53.4 Å². The van der Waals surface area contributed by atoms with Crippen molar-refractivity contribution in [3.8, 4) is 0 Å². The molecule has 2 nitrogen and oxygen atoms in total. The molecule has 0 fully saturated rings. The van der Waals surface area contributed by atoms with Gasteiger partial charge in [0.1, 0.15) is 12.2 Å². The van der Waals surface area contributed by atoms with E-state index >= 15 is 0 Å². The Labute approximate surface area is 122 Å². The van der Waals surface area contributed by atoms with Crippen LogP contribution in [0.15, 0.2) is 35.1 Å². The quantitative estimate of drug-likeness (QED) is 0.252. The van der Waals surface area contributed by atoms with Gasteiger partial charge in [-0.1, -0.05) is 0 Å². The van der Waals surface area contributed by atoms with Crippen LogP contribution >= 0.6 is 0 Å². The van der Waals surface area contributed by atoms with Gasteiger partial charge >= 0.3 is 12.4 Å².